The molecular weight excluding hydrogens is 442 g/mol. The number of ether oxygens (including phenoxy) is 2. The van der Waals surface area contributed by atoms with E-state index >= 15 is 0 Å². The van der Waals surface area contributed by atoms with Crippen molar-refractivity contribution in [2.24, 2.45) is 11.8 Å². The first-order valence-electron chi connectivity index (χ1n) is 11.7. The van der Waals surface area contributed by atoms with E-state index in [-0.39, 0.29) is 22.3 Å². The fraction of sp³-hybridized carbons (Fsp3) is 0.480. The summed E-state index contributed by atoms with van der Waals surface area (Å²) in [6.45, 7) is 1.74. The summed E-state index contributed by atoms with van der Waals surface area (Å²) < 4.78 is 40.5. The van der Waals surface area contributed by atoms with Gasteiger partial charge in [-0.3, -0.25) is 4.31 Å². The molecule has 0 aromatic heterocycles. The molecule has 2 aromatic rings. The van der Waals surface area contributed by atoms with Gasteiger partial charge in [-0.1, -0.05) is 18.2 Å². The lowest BCUT2D eigenvalue weighted by molar-refractivity contribution is 0.0490. The number of benzene rings is 2. The van der Waals surface area contributed by atoms with Crippen LogP contribution in [0.5, 0.6) is 5.75 Å². The van der Waals surface area contributed by atoms with Crippen LogP contribution in [0.15, 0.2) is 47.4 Å². The molecule has 1 N–H and O–H groups in total. The zero-order chi connectivity index (χ0) is 23.0. The number of anilines is 1. The van der Waals surface area contributed by atoms with Gasteiger partial charge in [-0.2, -0.15) is 0 Å². The Morgan fingerprint density at radius 2 is 1.82 bits per heavy atom. The second-order valence-corrected chi connectivity index (χ2v) is 11.0. The van der Waals surface area contributed by atoms with Crippen molar-refractivity contribution in [2.75, 3.05) is 24.1 Å². The third-order valence-electron chi connectivity index (χ3n) is 6.96. The van der Waals surface area contributed by atoms with Gasteiger partial charge in [0, 0.05) is 19.3 Å². The molecule has 2 aromatic carbocycles. The van der Waals surface area contributed by atoms with Crippen LogP contribution in [0.2, 0.25) is 0 Å². The van der Waals surface area contributed by atoms with Crippen molar-refractivity contribution in [1.82, 2.24) is 0 Å². The summed E-state index contributed by atoms with van der Waals surface area (Å²) in [4.78, 5) is 12.0. The normalized spacial score (nSPS) is 21.5. The van der Waals surface area contributed by atoms with Gasteiger partial charge in [-0.15, -0.1) is 0 Å². The predicted molar refractivity (Wildman–Crippen MR) is 123 cm³/mol. The molecule has 33 heavy (non-hydrogen) atoms. The number of hydrogen-bond acceptors (Lipinski definition) is 5. The summed E-state index contributed by atoms with van der Waals surface area (Å²) in [6.07, 6.45) is 5.41. The molecule has 2 fully saturated rings. The van der Waals surface area contributed by atoms with Crippen LogP contribution in [0.4, 0.5) is 5.69 Å². The van der Waals surface area contributed by atoms with E-state index in [1.807, 2.05) is 24.3 Å². The lowest BCUT2D eigenvalue weighted by Gasteiger charge is -2.38. The van der Waals surface area contributed by atoms with Crippen molar-refractivity contribution < 1.29 is 27.8 Å². The highest BCUT2D eigenvalue weighted by atomic mass is 32.2. The topological polar surface area (TPSA) is 93.1 Å². The number of carbonyl (C=O) groups is 1. The Bertz CT molecular complexity index is 1140. The molecule has 2 heterocycles. The first kappa shape index (κ1) is 22.2. The van der Waals surface area contributed by atoms with Gasteiger partial charge in [0.1, 0.15) is 11.3 Å². The molecule has 0 spiro atoms. The van der Waals surface area contributed by atoms with Crippen LogP contribution in [0.25, 0.3) is 0 Å². The van der Waals surface area contributed by atoms with Gasteiger partial charge in [0.15, 0.2) is 0 Å². The van der Waals surface area contributed by atoms with Gasteiger partial charge in [0.05, 0.1) is 17.2 Å². The third-order valence-corrected chi connectivity index (χ3v) is 8.79. The first-order valence-corrected chi connectivity index (χ1v) is 13.1. The first-order chi connectivity index (χ1) is 15.9. The molecule has 3 aliphatic rings. The molecule has 8 heteroatoms. The molecule has 0 bridgehead atoms. The number of sulfonamides is 1. The van der Waals surface area contributed by atoms with Gasteiger partial charge in [-0.05, 0) is 80.2 Å². The second kappa shape index (κ2) is 8.99. The Hall–Kier alpha value is -2.58. The maximum absolute atomic E-state index is 13.9. The number of fused-ring (bicyclic) bond motifs is 1. The van der Waals surface area contributed by atoms with E-state index in [1.54, 1.807) is 4.31 Å². The highest BCUT2D eigenvalue weighted by Crippen LogP contribution is 2.45. The summed E-state index contributed by atoms with van der Waals surface area (Å²) in [5.41, 5.74) is 1.58. The van der Waals surface area contributed by atoms with Crippen molar-refractivity contribution in [3.05, 3.63) is 53.6 Å². The molecular formula is C25H29NO6S. The fourth-order valence-corrected chi connectivity index (χ4v) is 6.75. The van der Waals surface area contributed by atoms with Gasteiger partial charge in [-0.25, -0.2) is 13.2 Å². The lowest BCUT2D eigenvalue weighted by Crippen LogP contribution is -2.45. The number of hydrogen-bond donors (Lipinski definition) is 1. The minimum atomic E-state index is -3.94. The van der Waals surface area contributed by atoms with E-state index in [9.17, 15) is 18.3 Å². The number of aryl methyl sites for hydroxylation is 1. The molecule has 176 valence electrons. The predicted octanol–water partition coefficient (Wildman–Crippen LogP) is 4.11. The molecule has 1 aliphatic carbocycles. The molecule has 1 saturated carbocycles. The van der Waals surface area contributed by atoms with Crippen LogP contribution in [0, 0.1) is 11.8 Å². The molecule has 0 radical (unpaired) electrons. The van der Waals surface area contributed by atoms with Gasteiger partial charge in [0.2, 0.25) is 0 Å². The maximum Gasteiger partial charge on any atom is 0.339 e. The summed E-state index contributed by atoms with van der Waals surface area (Å²) in [5.74, 6) is -0.348. The standard InChI is InChI=1S/C25H29NO6S/c27-25(28)21-15-20(8-10-24(21)32-16-17-11-13-31-14-12-17)33(29,30)26-22-4-2-1-3-18(22)7-9-23(26)19-5-6-19/h1-4,8,10,15,17,19,23H,5-7,9,11-14,16H2,(H,27,28). The van der Waals surface area contributed by atoms with Crippen molar-refractivity contribution in [3.8, 4) is 5.75 Å². The Morgan fingerprint density at radius 3 is 2.55 bits per heavy atom. The lowest BCUT2D eigenvalue weighted by atomic mass is 9.95. The number of carboxylic acid groups (broad SMARTS) is 1. The van der Waals surface area contributed by atoms with Crippen LogP contribution in [-0.2, 0) is 21.2 Å². The number of rotatable bonds is 7. The number of aromatic carboxylic acids is 1. The van der Waals surface area contributed by atoms with Crippen molar-refractivity contribution >= 4 is 21.7 Å². The fourth-order valence-electron chi connectivity index (χ4n) is 4.95. The highest BCUT2D eigenvalue weighted by Gasteiger charge is 2.43. The molecule has 1 saturated heterocycles. The summed E-state index contributed by atoms with van der Waals surface area (Å²) >= 11 is 0. The van der Waals surface area contributed by atoms with Gasteiger partial charge < -0.3 is 14.6 Å². The SMILES string of the molecule is O=C(O)c1cc(S(=O)(=O)N2c3ccccc3CCC2C2CC2)ccc1OCC1CCOCC1. The summed E-state index contributed by atoms with van der Waals surface area (Å²) in [7, 11) is -3.94. The Morgan fingerprint density at radius 1 is 1.06 bits per heavy atom. The number of nitrogens with zero attached hydrogens (tertiary/aromatic N) is 1. The van der Waals surface area contributed by atoms with Crippen molar-refractivity contribution in [1.29, 1.82) is 0 Å². The Kier molecular flexibility index (Phi) is 6.05. The average Bonchev–Trinajstić information content (AvgIpc) is 3.68. The van der Waals surface area contributed by atoms with E-state index in [0.29, 0.717) is 37.3 Å². The van der Waals surface area contributed by atoms with Crippen LogP contribution in [0.1, 0.15) is 48.0 Å². The summed E-state index contributed by atoms with van der Waals surface area (Å²) in [6, 6.07) is 11.7. The zero-order valence-electron chi connectivity index (χ0n) is 18.5. The molecule has 1 unspecified atom stereocenters. The van der Waals surface area contributed by atoms with Crippen molar-refractivity contribution in [3.63, 3.8) is 0 Å². The minimum absolute atomic E-state index is 0.0133. The quantitative estimate of drug-likeness (QED) is 0.653. The average molecular weight is 472 g/mol. The Labute approximate surface area is 194 Å². The number of para-hydroxylation sites is 1. The van der Waals surface area contributed by atoms with E-state index in [2.05, 4.69) is 0 Å². The molecule has 5 rings (SSSR count). The zero-order valence-corrected chi connectivity index (χ0v) is 19.3. The Balaban J connectivity index is 1.47. The van der Waals surface area contributed by atoms with E-state index in [4.69, 9.17) is 9.47 Å². The summed E-state index contributed by atoms with van der Waals surface area (Å²) in [5, 5.41) is 9.80. The van der Waals surface area contributed by atoms with E-state index in [1.165, 1.54) is 18.2 Å². The van der Waals surface area contributed by atoms with Gasteiger partial charge in [0.25, 0.3) is 10.0 Å². The van der Waals surface area contributed by atoms with Crippen LogP contribution >= 0.6 is 0 Å². The molecule has 2 aliphatic heterocycles. The molecule has 0 amide bonds. The second-order valence-electron chi connectivity index (χ2n) is 9.20. The monoisotopic (exact) mass is 471 g/mol. The van der Waals surface area contributed by atoms with Crippen LogP contribution in [-0.4, -0.2) is 45.4 Å². The van der Waals surface area contributed by atoms with Gasteiger partial charge >= 0.3 is 5.97 Å². The van der Waals surface area contributed by atoms with Crippen molar-refractivity contribution in [2.45, 2.75) is 49.5 Å². The van der Waals surface area contributed by atoms with Crippen LogP contribution < -0.4 is 9.04 Å². The van der Waals surface area contributed by atoms with Crippen LogP contribution in [0.3, 0.4) is 0 Å². The highest BCUT2D eigenvalue weighted by molar-refractivity contribution is 7.92. The minimum Gasteiger partial charge on any atom is -0.492 e. The van der Waals surface area contributed by atoms with E-state index in [0.717, 1.165) is 44.1 Å². The molecule has 1 atom stereocenters. The van der Waals surface area contributed by atoms with E-state index < -0.39 is 16.0 Å². The molecule has 7 nitrogen and oxygen atoms in total. The largest absolute Gasteiger partial charge is 0.492 e. The smallest absolute Gasteiger partial charge is 0.339 e. The maximum atomic E-state index is 13.9. The third kappa shape index (κ3) is 4.46. The number of carboxylic acids is 1.